The van der Waals surface area contributed by atoms with E-state index in [1.165, 1.54) is 11.1 Å². The molecule has 0 aliphatic heterocycles. The molecule has 1 aliphatic carbocycles. The Kier molecular flexibility index (Phi) is 12.2. The number of allylic oxidation sites excluding steroid dienone is 5. The molecule has 35 heavy (non-hydrogen) atoms. The van der Waals surface area contributed by atoms with Crippen molar-refractivity contribution in [2.24, 2.45) is 0 Å². The lowest BCUT2D eigenvalue weighted by Gasteiger charge is -2.10. The van der Waals surface area contributed by atoms with Crippen molar-refractivity contribution >= 4 is 23.7 Å². The molecule has 2 aromatic rings. The fraction of sp³-hybridized carbons (Fsp3) is 0.367. The van der Waals surface area contributed by atoms with Crippen LogP contribution in [0, 0.1) is 0 Å². The van der Waals surface area contributed by atoms with Gasteiger partial charge >= 0.3 is 5.97 Å². The first-order chi connectivity index (χ1) is 17.0. The van der Waals surface area contributed by atoms with Gasteiger partial charge in [0.2, 0.25) is 0 Å². The number of aromatic nitrogens is 1. The fourth-order valence-corrected chi connectivity index (χ4v) is 3.73. The fourth-order valence-electron chi connectivity index (χ4n) is 3.73. The van der Waals surface area contributed by atoms with Crippen LogP contribution in [-0.4, -0.2) is 31.0 Å². The molecule has 3 rings (SSSR count). The molecule has 1 aromatic carbocycles. The molecule has 5 heteroatoms. The second kappa shape index (κ2) is 15.4. The van der Waals surface area contributed by atoms with Crippen LogP contribution >= 0.6 is 0 Å². The van der Waals surface area contributed by atoms with Gasteiger partial charge in [-0.05, 0) is 89.1 Å². The SMILES string of the molecule is C=O.CCOC(=O)/C(C)=C/CC/C(C)=C/CCc1ccc2cc(OCC3=CCCC=C3)ccc2n1. The molecule has 5 nitrogen and oxygen atoms in total. The number of aryl methyl sites for hydroxylation is 1. The highest BCUT2D eigenvalue weighted by Crippen LogP contribution is 2.22. The zero-order chi connectivity index (χ0) is 25.5. The van der Waals surface area contributed by atoms with Crippen LogP contribution in [-0.2, 0) is 20.7 Å². The summed E-state index contributed by atoms with van der Waals surface area (Å²) in [5.74, 6) is 0.654. The molecule has 1 heterocycles. The molecule has 0 fully saturated rings. The molecule has 0 radical (unpaired) electrons. The van der Waals surface area contributed by atoms with Crippen molar-refractivity contribution in [2.45, 2.75) is 59.3 Å². The van der Waals surface area contributed by atoms with Crippen molar-refractivity contribution in [2.75, 3.05) is 13.2 Å². The molecule has 0 saturated carbocycles. The van der Waals surface area contributed by atoms with Gasteiger partial charge in [0.15, 0.2) is 0 Å². The number of ether oxygens (including phenoxy) is 2. The number of nitrogens with zero attached hydrogens (tertiary/aromatic N) is 1. The summed E-state index contributed by atoms with van der Waals surface area (Å²) in [5.41, 5.74) is 5.34. The molecule has 0 atom stereocenters. The van der Waals surface area contributed by atoms with Crippen LogP contribution in [0.2, 0.25) is 0 Å². The Morgan fingerprint density at radius 1 is 1.09 bits per heavy atom. The lowest BCUT2D eigenvalue weighted by Crippen LogP contribution is -2.04. The monoisotopic (exact) mass is 475 g/mol. The van der Waals surface area contributed by atoms with Gasteiger partial charge in [-0.1, -0.05) is 42.0 Å². The van der Waals surface area contributed by atoms with E-state index in [0.29, 0.717) is 18.8 Å². The third-order valence-corrected chi connectivity index (χ3v) is 5.68. The molecule has 0 N–H and O–H groups in total. The van der Waals surface area contributed by atoms with Gasteiger partial charge < -0.3 is 14.3 Å². The molecular weight excluding hydrogens is 438 g/mol. The van der Waals surface area contributed by atoms with Crippen molar-refractivity contribution in [1.82, 2.24) is 4.98 Å². The summed E-state index contributed by atoms with van der Waals surface area (Å²) in [5, 5.41) is 1.10. The van der Waals surface area contributed by atoms with Crippen LogP contribution in [0.3, 0.4) is 0 Å². The molecular formula is C30H37NO4. The molecule has 0 bridgehead atoms. The Hall–Kier alpha value is -3.47. The van der Waals surface area contributed by atoms with E-state index in [2.05, 4.69) is 49.4 Å². The van der Waals surface area contributed by atoms with E-state index < -0.39 is 0 Å². The zero-order valence-corrected chi connectivity index (χ0v) is 21.2. The highest BCUT2D eigenvalue weighted by Gasteiger charge is 2.05. The number of carbonyl (C=O) groups excluding carboxylic acids is 2. The molecule has 1 aromatic heterocycles. The lowest BCUT2D eigenvalue weighted by molar-refractivity contribution is -0.138. The second-order valence-corrected chi connectivity index (χ2v) is 8.44. The third kappa shape index (κ3) is 9.73. The Labute approximate surface area is 209 Å². The van der Waals surface area contributed by atoms with Crippen LogP contribution in [0.15, 0.2) is 77.4 Å². The van der Waals surface area contributed by atoms with Crippen LogP contribution in [0.1, 0.15) is 58.6 Å². The van der Waals surface area contributed by atoms with Gasteiger partial charge in [0.25, 0.3) is 0 Å². The van der Waals surface area contributed by atoms with E-state index in [-0.39, 0.29) is 5.97 Å². The Bertz CT molecular complexity index is 1090. The number of benzene rings is 1. The summed E-state index contributed by atoms with van der Waals surface area (Å²) in [7, 11) is 0. The zero-order valence-electron chi connectivity index (χ0n) is 21.2. The Morgan fingerprint density at radius 3 is 2.66 bits per heavy atom. The number of hydrogen-bond acceptors (Lipinski definition) is 5. The maximum atomic E-state index is 11.6. The predicted molar refractivity (Wildman–Crippen MR) is 143 cm³/mol. The van der Waals surface area contributed by atoms with Crippen molar-refractivity contribution in [1.29, 1.82) is 0 Å². The van der Waals surface area contributed by atoms with E-state index in [1.807, 2.05) is 38.8 Å². The topological polar surface area (TPSA) is 65.5 Å². The lowest BCUT2D eigenvalue weighted by atomic mass is 10.1. The van der Waals surface area contributed by atoms with E-state index >= 15 is 0 Å². The maximum absolute atomic E-state index is 11.6. The highest BCUT2D eigenvalue weighted by atomic mass is 16.5. The third-order valence-electron chi connectivity index (χ3n) is 5.68. The number of pyridine rings is 1. The van der Waals surface area contributed by atoms with Gasteiger partial charge in [-0.3, -0.25) is 4.98 Å². The normalized spacial score (nSPS) is 13.6. The van der Waals surface area contributed by atoms with Gasteiger partial charge in [0.1, 0.15) is 19.1 Å². The number of hydrogen-bond donors (Lipinski definition) is 0. The van der Waals surface area contributed by atoms with Crippen LogP contribution in [0.25, 0.3) is 10.9 Å². The quantitative estimate of drug-likeness (QED) is 0.201. The molecule has 186 valence electrons. The standard InChI is InChI=1S/C29H35NO3.CH2O/c1-4-32-29(31)23(3)12-8-10-22(2)11-9-15-26-17-16-25-20-27(18-19-28(25)30-26)33-21-24-13-6-5-7-14-24;1-2/h6,11-14,16-20H,4-5,7-10,15,21H2,1-3H3;1H2/b22-11+,23-12+;. The van der Waals surface area contributed by atoms with E-state index in [4.69, 9.17) is 19.3 Å². The minimum atomic E-state index is -0.223. The summed E-state index contributed by atoms with van der Waals surface area (Å²) in [4.78, 5) is 24.5. The molecule has 0 spiro atoms. The highest BCUT2D eigenvalue weighted by molar-refractivity contribution is 5.87. The smallest absolute Gasteiger partial charge is 0.333 e. The first-order valence-electron chi connectivity index (χ1n) is 12.2. The van der Waals surface area contributed by atoms with Crippen LogP contribution in [0.4, 0.5) is 0 Å². The molecule has 0 saturated heterocycles. The summed E-state index contributed by atoms with van der Waals surface area (Å²) >= 11 is 0. The number of fused-ring (bicyclic) bond motifs is 1. The van der Waals surface area contributed by atoms with Gasteiger partial charge in [0.05, 0.1) is 12.1 Å². The number of carbonyl (C=O) groups is 2. The van der Waals surface area contributed by atoms with Gasteiger partial charge in [0, 0.05) is 16.7 Å². The number of esters is 1. The summed E-state index contributed by atoms with van der Waals surface area (Å²) in [6.07, 6.45) is 16.7. The van der Waals surface area contributed by atoms with Gasteiger partial charge in [-0.2, -0.15) is 0 Å². The summed E-state index contributed by atoms with van der Waals surface area (Å²) in [6.45, 7) is 8.79. The van der Waals surface area contributed by atoms with Crippen molar-refractivity contribution in [3.05, 3.63) is 83.1 Å². The molecule has 0 amide bonds. The van der Waals surface area contributed by atoms with Crippen LogP contribution in [0.5, 0.6) is 5.75 Å². The Balaban J connectivity index is 0.00000210. The van der Waals surface area contributed by atoms with Crippen LogP contribution < -0.4 is 4.74 Å². The second-order valence-electron chi connectivity index (χ2n) is 8.44. The van der Waals surface area contributed by atoms with E-state index in [0.717, 1.165) is 60.9 Å². The van der Waals surface area contributed by atoms with Gasteiger partial charge in [-0.25, -0.2) is 4.79 Å². The average Bonchev–Trinajstić information content (AvgIpc) is 2.89. The predicted octanol–water partition coefficient (Wildman–Crippen LogP) is 6.87. The summed E-state index contributed by atoms with van der Waals surface area (Å²) in [6, 6.07) is 10.3. The van der Waals surface area contributed by atoms with E-state index in [9.17, 15) is 4.79 Å². The number of rotatable bonds is 11. The minimum absolute atomic E-state index is 0.223. The average molecular weight is 476 g/mol. The Morgan fingerprint density at radius 2 is 1.91 bits per heavy atom. The molecule has 0 unspecified atom stereocenters. The first-order valence-corrected chi connectivity index (χ1v) is 12.2. The van der Waals surface area contributed by atoms with Crippen molar-refractivity contribution < 1.29 is 19.1 Å². The van der Waals surface area contributed by atoms with Crippen molar-refractivity contribution in [3.63, 3.8) is 0 Å². The minimum Gasteiger partial charge on any atom is -0.489 e. The molecule has 1 aliphatic rings. The summed E-state index contributed by atoms with van der Waals surface area (Å²) < 4.78 is 11.0. The van der Waals surface area contributed by atoms with Crippen molar-refractivity contribution in [3.8, 4) is 5.75 Å². The van der Waals surface area contributed by atoms with Gasteiger partial charge in [-0.15, -0.1) is 0 Å². The largest absolute Gasteiger partial charge is 0.489 e. The van der Waals surface area contributed by atoms with E-state index in [1.54, 1.807) is 0 Å². The maximum Gasteiger partial charge on any atom is 0.333 e. The first kappa shape index (κ1) is 27.8.